The van der Waals surface area contributed by atoms with Crippen molar-refractivity contribution in [2.24, 2.45) is 0 Å². The van der Waals surface area contributed by atoms with Gasteiger partial charge in [-0.1, -0.05) is 11.6 Å². The summed E-state index contributed by atoms with van der Waals surface area (Å²) in [5.74, 6) is -0.572. The van der Waals surface area contributed by atoms with E-state index in [0.717, 1.165) is 0 Å². The maximum absolute atomic E-state index is 11.7. The highest BCUT2D eigenvalue weighted by Crippen LogP contribution is 2.31. The number of anilines is 2. The van der Waals surface area contributed by atoms with E-state index in [9.17, 15) is 9.59 Å². The van der Waals surface area contributed by atoms with Gasteiger partial charge in [-0.3, -0.25) is 4.79 Å². The topological polar surface area (TPSA) is 93.4 Å². The lowest BCUT2D eigenvalue weighted by molar-refractivity contribution is -0.119. The van der Waals surface area contributed by atoms with Gasteiger partial charge in [0.2, 0.25) is 5.91 Å². The summed E-state index contributed by atoms with van der Waals surface area (Å²) >= 11 is 6.09. The van der Waals surface area contributed by atoms with E-state index in [1.54, 1.807) is 6.07 Å². The first-order chi connectivity index (χ1) is 9.01. The second kappa shape index (κ2) is 5.36. The molecule has 0 radical (unpaired) electrons. The number of ether oxygens (including phenoxy) is 1. The van der Waals surface area contributed by atoms with E-state index in [1.807, 2.05) is 0 Å². The number of nitrogens with two attached hydrogens (primary N) is 1. The average Bonchev–Trinajstić information content (AvgIpc) is 2.77. The highest BCUT2D eigenvalue weighted by Gasteiger charge is 2.24. The van der Waals surface area contributed by atoms with Crippen LogP contribution in [0, 0.1) is 0 Å². The Morgan fingerprint density at radius 3 is 2.89 bits per heavy atom. The molecule has 7 heteroatoms. The van der Waals surface area contributed by atoms with Crippen LogP contribution in [0.25, 0.3) is 0 Å². The molecule has 1 aliphatic rings. The van der Waals surface area contributed by atoms with Crippen LogP contribution in [0.4, 0.5) is 11.4 Å². The van der Waals surface area contributed by atoms with Crippen molar-refractivity contribution in [3.8, 4) is 0 Å². The molecule has 1 saturated heterocycles. The molecule has 102 valence electrons. The number of nitrogen functional groups attached to an aromatic ring is 1. The first kappa shape index (κ1) is 13.5. The number of amides is 1. The van der Waals surface area contributed by atoms with Crippen molar-refractivity contribution >= 4 is 34.9 Å². The molecule has 0 saturated carbocycles. The van der Waals surface area contributed by atoms with Gasteiger partial charge in [-0.25, -0.2) is 4.79 Å². The zero-order chi connectivity index (χ0) is 14.0. The van der Waals surface area contributed by atoms with Crippen LogP contribution in [0.5, 0.6) is 0 Å². The van der Waals surface area contributed by atoms with Gasteiger partial charge in [-0.05, 0) is 12.1 Å². The number of hydrogen-bond acceptors (Lipinski definition) is 5. The lowest BCUT2D eigenvalue weighted by atomic mass is 10.1. The second-order valence-corrected chi connectivity index (χ2v) is 4.67. The van der Waals surface area contributed by atoms with Gasteiger partial charge in [0, 0.05) is 18.7 Å². The van der Waals surface area contributed by atoms with Gasteiger partial charge in [0.15, 0.2) is 0 Å². The Labute approximate surface area is 115 Å². The summed E-state index contributed by atoms with van der Waals surface area (Å²) in [6.45, 7) is 0.486. The van der Waals surface area contributed by atoms with Gasteiger partial charge in [-0.2, -0.15) is 0 Å². The Hall–Kier alpha value is -1.95. The monoisotopic (exact) mass is 283 g/mol. The van der Waals surface area contributed by atoms with Gasteiger partial charge in [0.05, 0.1) is 29.4 Å². The van der Waals surface area contributed by atoms with Crippen LogP contribution in [-0.4, -0.2) is 31.6 Å². The van der Waals surface area contributed by atoms with Crippen molar-refractivity contribution in [3.05, 3.63) is 22.7 Å². The molecule has 0 bridgehead atoms. The van der Waals surface area contributed by atoms with Gasteiger partial charge in [0.25, 0.3) is 0 Å². The maximum Gasteiger partial charge on any atom is 0.340 e. The van der Waals surface area contributed by atoms with Gasteiger partial charge in [0.1, 0.15) is 0 Å². The number of benzene rings is 1. The number of halogens is 1. The number of rotatable bonds is 3. The minimum Gasteiger partial charge on any atom is -0.465 e. The Morgan fingerprint density at radius 2 is 2.32 bits per heavy atom. The zero-order valence-corrected chi connectivity index (χ0v) is 11.1. The molecule has 1 amide bonds. The van der Waals surface area contributed by atoms with Crippen molar-refractivity contribution in [1.29, 1.82) is 0 Å². The summed E-state index contributed by atoms with van der Waals surface area (Å²) in [5.41, 5.74) is 6.73. The number of hydrogen-bond donors (Lipinski definition) is 3. The Kier molecular flexibility index (Phi) is 3.80. The molecule has 6 nitrogen and oxygen atoms in total. The summed E-state index contributed by atoms with van der Waals surface area (Å²) in [6.07, 6.45) is 0.335. The fourth-order valence-corrected chi connectivity index (χ4v) is 2.24. The third-order valence-electron chi connectivity index (χ3n) is 2.84. The molecule has 1 heterocycles. The summed E-state index contributed by atoms with van der Waals surface area (Å²) in [6, 6.07) is 2.92. The third-order valence-corrected chi connectivity index (χ3v) is 3.14. The largest absolute Gasteiger partial charge is 0.465 e. The van der Waals surface area contributed by atoms with E-state index in [1.165, 1.54) is 13.2 Å². The molecule has 0 aromatic heterocycles. The quantitative estimate of drug-likeness (QED) is 0.569. The van der Waals surface area contributed by atoms with Crippen LogP contribution in [0.1, 0.15) is 16.8 Å². The van der Waals surface area contributed by atoms with Crippen molar-refractivity contribution in [3.63, 3.8) is 0 Å². The summed E-state index contributed by atoms with van der Waals surface area (Å²) in [7, 11) is 1.28. The fourth-order valence-electron chi connectivity index (χ4n) is 1.96. The Bertz CT molecular complexity index is 533. The Morgan fingerprint density at radius 1 is 1.58 bits per heavy atom. The molecule has 1 fully saturated rings. The number of carbonyl (C=O) groups is 2. The molecule has 0 aliphatic carbocycles. The lowest BCUT2D eigenvalue weighted by Gasteiger charge is -2.17. The summed E-state index contributed by atoms with van der Waals surface area (Å²) < 4.78 is 4.70. The van der Waals surface area contributed by atoms with E-state index in [0.29, 0.717) is 29.4 Å². The lowest BCUT2D eigenvalue weighted by Crippen LogP contribution is -2.24. The zero-order valence-electron chi connectivity index (χ0n) is 10.3. The van der Waals surface area contributed by atoms with Crippen molar-refractivity contribution in [2.45, 2.75) is 12.5 Å². The minimum absolute atomic E-state index is 0.0383. The normalized spacial score (nSPS) is 18.0. The molecule has 1 atom stereocenters. The second-order valence-electron chi connectivity index (χ2n) is 4.27. The van der Waals surface area contributed by atoms with E-state index < -0.39 is 5.97 Å². The highest BCUT2D eigenvalue weighted by atomic mass is 35.5. The van der Waals surface area contributed by atoms with E-state index in [-0.39, 0.29) is 17.5 Å². The minimum atomic E-state index is -0.533. The van der Waals surface area contributed by atoms with Gasteiger partial charge < -0.3 is 21.1 Å². The highest BCUT2D eigenvalue weighted by molar-refractivity contribution is 6.34. The molecule has 0 spiro atoms. The standard InChI is InChI=1S/C12H14ClN3O3/c1-19-12(18)8-2-6(14)3-9(13)11(8)16-7-4-10(17)15-5-7/h2-3,7,16H,4-5,14H2,1H3,(H,15,17). The third kappa shape index (κ3) is 2.90. The fraction of sp³-hybridized carbons (Fsp3) is 0.333. The first-order valence-electron chi connectivity index (χ1n) is 5.72. The summed E-state index contributed by atoms with van der Waals surface area (Å²) in [4.78, 5) is 22.9. The van der Waals surface area contributed by atoms with Crippen LogP contribution in [0.3, 0.4) is 0 Å². The molecule has 19 heavy (non-hydrogen) atoms. The van der Waals surface area contributed by atoms with Crippen LogP contribution >= 0.6 is 11.6 Å². The molecule has 1 aromatic rings. The molecule has 2 rings (SSSR count). The Balaban J connectivity index is 2.32. The van der Waals surface area contributed by atoms with E-state index >= 15 is 0 Å². The van der Waals surface area contributed by atoms with Crippen molar-refractivity contribution < 1.29 is 14.3 Å². The first-order valence-corrected chi connectivity index (χ1v) is 6.09. The van der Waals surface area contributed by atoms with Crippen molar-refractivity contribution in [2.75, 3.05) is 24.7 Å². The van der Waals surface area contributed by atoms with Gasteiger partial charge >= 0.3 is 5.97 Å². The molecule has 1 aromatic carbocycles. The van der Waals surface area contributed by atoms with Crippen LogP contribution in [-0.2, 0) is 9.53 Å². The molecule has 1 unspecified atom stereocenters. The summed E-state index contributed by atoms with van der Waals surface area (Å²) in [5, 5.41) is 6.10. The van der Waals surface area contributed by atoms with Crippen LogP contribution in [0.2, 0.25) is 5.02 Å². The van der Waals surface area contributed by atoms with Crippen molar-refractivity contribution in [1.82, 2.24) is 5.32 Å². The predicted octanol–water partition coefficient (Wildman–Crippen LogP) is 1.01. The number of esters is 1. The maximum atomic E-state index is 11.7. The van der Waals surface area contributed by atoms with Gasteiger partial charge in [-0.15, -0.1) is 0 Å². The van der Waals surface area contributed by atoms with Crippen LogP contribution < -0.4 is 16.4 Å². The molecular weight excluding hydrogens is 270 g/mol. The van der Waals surface area contributed by atoms with Crippen LogP contribution in [0.15, 0.2) is 12.1 Å². The SMILES string of the molecule is COC(=O)c1cc(N)cc(Cl)c1NC1CNC(=O)C1. The predicted molar refractivity (Wildman–Crippen MR) is 72.2 cm³/mol. The molecular formula is C12H14ClN3O3. The smallest absolute Gasteiger partial charge is 0.340 e. The number of carbonyl (C=O) groups excluding carboxylic acids is 2. The van der Waals surface area contributed by atoms with E-state index in [2.05, 4.69) is 10.6 Å². The number of methoxy groups -OCH3 is 1. The molecule has 1 aliphatic heterocycles. The number of nitrogens with one attached hydrogen (secondary N) is 2. The molecule has 4 N–H and O–H groups in total. The average molecular weight is 284 g/mol. The van der Waals surface area contributed by atoms with E-state index in [4.69, 9.17) is 22.1 Å².